The predicted octanol–water partition coefficient (Wildman–Crippen LogP) is 19.7. The Kier molecular flexibility index (Phi) is 54.9. The third-order valence-corrected chi connectivity index (χ3v) is 12.3. The van der Waals surface area contributed by atoms with Gasteiger partial charge in [-0.3, -0.25) is 14.4 Å². The SMILES string of the molecule is CC/C=C\C/C=C\C/C=C\C/C=C\CCCCC(=O)OCC(COC(=O)CCCCCCCCCCC/C=C\C/C=C\CCCCC)OC(=O)CCCCCCCCC/C=C\C/C=C\CCCCCC. The van der Waals surface area contributed by atoms with Gasteiger partial charge in [0.15, 0.2) is 6.10 Å². The third kappa shape index (κ3) is 55.3. The van der Waals surface area contributed by atoms with Crippen LogP contribution in [0.25, 0.3) is 0 Å². The molecule has 6 nitrogen and oxygen atoms in total. The zero-order chi connectivity index (χ0) is 50.7. The van der Waals surface area contributed by atoms with Gasteiger partial charge in [0.2, 0.25) is 0 Å². The van der Waals surface area contributed by atoms with Gasteiger partial charge in [-0.2, -0.15) is 0 Å². The molecule has 0 bridgehead atoms. The van der Waals surface area contributed by atoms with Crippen molar-refractivity contribution in [3.63, 3.8) is 0 Å². The monoisotopic (exact) mass is 973 g/mol. The molecule has 0 aliphatic carbocycles. The lowest BCUT2D eigenvalue weighted by Gasteiger charge is -2.18. The molecule has 0 amide bonds. The summed E-state index contributed by atoms with van der Waals surface area (Å²) in [6.07, 6.45) is 76.8. The maximum atomic E-state index is 12.9. The Hall–Kier alpha value is -3.67. The van der Waals surface area contributed by atoms with E-state index in [4.69, 9.17) is 14.2 Å². The minimum atomic E-state index is -0.802. The number of carbonyl (C=O) groups is 3. The van der Waals surface area contributed by atoms with E-state index >= 15 is 0 Å². The molecule has 70 heavy (non-hydrogen) atoms. The van der Waals surface area contributed by atoms with Gasteiger partial charge < -0.3 is 14.2 Å². The number of hydrogen-bond donors (Lipinski definition) is 0. The number of esters is 3. The van der Waals surface area contributed by atoms with Gasteiger partial charge in [0, 0.05) is 19.3 Å². The zero-order valence-electron chi connectivity index (χ0n) is 45.8. The van der Waals surface area contributed by atoms with Crippen molar-refractivity contribution in [3.8, 4) is 0 Å². The Morgan fingerprint density at radius 1 is 0.300 bits per heavy atom. The molecule has 0 saturated heterocycles. The molecular formula is C64H108O6. The maximum Gasteiger partial charge on any atom is 0.306 e. The van der Waals surface area contributed by atoms with Crippen LogP contribution in [0.15, 0.2) is 97.2 Å². The molecule has 0 heterocycles. The van der Waals surface area contributed by atoms with Gasteiger partial charge in [0.25, 0.3) is 0 Å². The lowest BCUT2D eigenvalue weighted by atomic mass is 10.1. The van der Waals surface area contributed by atoms with Gasteiger partial charge in [-0.15, -0.1) is 0 Å². The Bertz CT molecular complexity index is 1400. The van der Waals surface area contributed by atoms with Crippen LogP contribution in [0.2, 0.25) is 0 Å². The van der Waals surface area contributed by atoms with E-state index < -0.39 is 6.10 Å². The van der Waals surface area contributed by atoms with E-state index in [-0.39, 0.29) is 31.1 Å². The summed E-state index contributed by atoms with van der Waals surface area (Å²) >= 11 is 0. The van der Waals surface area contributed by atoms with Crippen LogP contribution < -0.4 is 0 Å². The largest absolute Gasteiger partial charge is 0.462 e. The van der Waals surface area contributed by atoms with Crippen LogP contribution in [0.4, 0.5) is 0 Å². The van der Waals surface area contributed by atoms with Crippen molar-refractivity contribution in [1.29, 1.82) is 0 Å². The first kappa shape index (κ1) is 66.3. The fourth-order valence-electron chi connectivity index (χ4n) is 7.91. The quantitative estimate of drug-likeness (QED) is 0.0262. The second kappa shape index (κ2) is 57.9. The van der Waals surface area contributed by atoms with E-state index in [2.05, 4.69) is 118 Å². The Balaban J connectivity index is 4.45. The van der Waals surface area contributed by atoms with Crippen LogP contribution in [0.5, 0.6) is 0 Å². The lowest BCUT2D eigenvalue weighted by Crippen LogP contribution is -2.30. The molecule has 0 N–H and O–H groups in total. The molecule has 0 aliphatic heterocycles. The van der Waals surface area contributed by atoms with Crippen molar-refractivity contribution in [2.24, 2.45) is 0 Å². The highest BCUT2D eigenvalue weighted by molar-refractivity contribution is 5.71. The van der Waals surface area contributed by atoms with Crippen molar-refractivity contribution < 1.29 is 28.6 Å². The molecule has 0 aromatic rings. The lowest BCUT2D eigenvalue weighted by molar-refractivity contribution is -0.167. The fourth-order valence-corrected chi connectivity index (χ4v) is 7.91. The molecule has 0 aromatic carbocycles. The summed E-state index contributed by atoms with van der Waals surface area (Å²) < 4.78 is 16.8. The number of rotatable bonds is 52. The molecule has 0 aliphatic rings. The summed E-state index contributed by atoms with van der Waals surface area (Å²) in [5.41, 5.74) is 0. The first-order valence-corrected chi connectivity index (χ1v) is 29.2. The zero-order valence-corrected chi connectivity index (χ0v) is 45.8. The number of allylic oxidation sites excluding steroid dienone is 16. The molecule has 400 valence electrons. The molecule has 0 rings (SSSR count). The van der Waals surface area contributed by atoms with E-state index in [1.807, 2.05) is 0 Å². The Labute approximate surface area is 432 Å². The average molecular weight is 974 g/mol. The van der Waals surface area contributed by atoms with E-state index in [0.29, 0.717) is 19.3 Å². The van der Waals surface area contributed by atoms with Gasteiger partial charge in [-0.1, -0.05) is 227 Å². The molecule has 0 radical (unpaired) electrons. The molecule has 1 atom stereocenters. The third-order valence-electron chi connectivity index (χ3n) is 12.3. The highest BCUT2D eigenvalue weighted by Crippen LogP contribution is 2.15. The van der Waals surface area contributed by atoms with E-state index in [1.54, 1.807) is 0 Å². The van der Waals surface area contributed by atoms with E-state index in [0.717, 1.165) is 103 Å². The second-order valence-electron chi connectivity index (χ2n) is 19.2. The normalized spacial score (nSPS) is 12.8. The summed E-state index contributed by atoms with van der Waals surface area (Å²) in [7, 11) is 0. The Morgan fingerprint density at radius 3 is 0.929 bits per heavy atom. The van der Waals surface area contributed by atoms with Crippen LogP contribution in [0.3, 0.4) is 0 Å². The number of carbonyl (C=O) groups excluding carboxylic acids is 3. The van der Waals surface area contributed by atoms with Gasteiger partial charge in [-0.05, 0) is 122 Å². The van der Waals surface area contributed by atoms with Gasteiger partial charge in [0.05, 0.1) is 0 Å². The first-order chi connectivity index (χ1) is 34.5. The second-order valence-corrected chi connectivity index (χ2v) is 19.2. The number of ether oxygens (including phenoxy) is 3. The highest BCUT2D eigenvalue weighted by Gasteiger charge is 2.19. The van der Waals surface area contributed by atoms with Gasteiger partial charge in [0.1, 0.15) is 13.2 Å². The number of unbranched alkanes of at least 4 members (excludes halogenated alkanes) is 25. The molecule has 0 spiro atoms. The maximum absolute atomic E-state index is 12.9. The predicted molar refractivity (Wildman–Crippen MR) is 302 cm³/mol. The first-order valence-electron chi connectivity index (χ1n) is 29.2. The van der Waals surface area contributed by atoms with E-state index in [9.17, 15) is 14.4 Å². The minimum Gasteiger partial charge on any atom is -0.462 e. The molecular weight excluding hydrogens is 865 g/mol. The van der Waals surface area contributed by atoms with Crippen molar-refractivity contribution >= 4 is 17.9 Å². The van der Waals surface area contributed by atoms with Crippen LogP contribution in [0.1, 0.15) is 271 Å². The molecule has 0 saturated carbocycles. The Morgan fingerprint density at radius 2 is 0.557 bits per heavy atom. The van der Waals surface area contributed by atoms with Gasteiger partial charge >= 0.3 is 17.9 Å². The summed E-state index contributed by atoms with van der Waals surface area (Å²) in [6.45, 7) is 6.45. The van der Waals surface area contributed by atoms with Gasteiger partial charge in [-0.25, -0.2) is 0 Å². The van der Waals surface area contributed by atoms with Crippen LogP contribution in [-0.2, 0) is 28.6 Å². The van der Waals surface area contributed by atoms with Crippen LogP contribution >= 0.6 is 0 Å². The molecule has 1 unspecified atom stereocenters. The van der Waals surface area contributed by atoms with Crippen molar-refractivity contribution in [2.75, 3.05) is 13.2 Å². The van der Waals surface area contributed by atoms with Crippen molar-refractivity contribution in [2.45, 2.75) is 277 Å². The summed E-state index contributed by atoms with van der Waals surface area (Å²) in [5.74, 6) is -0.947. The van der Waals surface area contributed by atoms with Crippen LogP contribution in [0, 0.1) is 0 Å². The average Bonchev–Trinajstić information content (AvgIpc) is 3.36. The summed E-state index contributed by atoms with van der Waals surface area (Å²) in [4.78, 5) is 38.2. The topological polar surface area (TPSA) is 78.9 Å². The standard InChI is InChI=1S/C64H108O6/c1-4-7-10-13-16-19-22-25-28-30-32-34-36-39-42-45-48-51-54-57-63(66)69-60-61(59-68-62(65)56-53-50-47-44-41-38-35-27-24-21-18-15-12-9-6-3)70-64(67)58-55-52-49-46-43-40-37-33-31-29-26-23-20-17-14-11-8-5-2/h9,12,16,18-21,23,25,27-29,31,35,41,44,61H,4-8,10-11,13-15,17,22,24,26,30,32-34,36-40,42-43,45-60H2,1-3H3/b12-9-,19-16-,21-18-,23-20-,28-25-,31-29-,35-27-,44-41-. The summed E-state index contributed by atoms with van der Waals surface area (Å²) in [5, 5.41) is 0. The molecule has 0 fully saturated rings. The minimum absolute atomic E-state index is 0.0966. The van der Waals surface area contributed by atoms with E-state index in [1.165, 1.54) is 128 Å². The number of hydrogen-bond acceptors (Lipinski definition) is 6. The fraction of sp³-hybridized carbons (Fsp3) is 0.703. The molecule has 6 heteroatoms. The van der Waals surface area contributed by atoms with Crippen molar-refractivity contribution in [3.05, 3.63) is 97.2 Å². The molecule has 0 aromatic heterocycles. The highest BCUT2D eigenvalue weighted by atomic mass is 16.6. The summed E-state index contributed by atoms with van der Waals surface area (Å²) in [6, 6.07) is 0. The van der Waals surface area contributed by atoms with Crippen LogP contribution in [-0.4, -0.2) is 37.2 Å². The van der Waals surface area contributed by atoms with Crippen molar-refractivity contribution in [1.82, 2.24) is 0 Å². The smallest absolute Gasteiger partial charge is 0.306 e.